The number of nitrogens with one attached hydrogen (secondary N) is 2. The molecule has 0 radical (unpaired) electrons. The summed E-state index contributed by atoms with van der Waals surface area (Å²) in [5, 5.41) is 6.58. The summed E-state index contributed by atoms with van der Waals surface area (Å²) in [6.07, 6.45) is 5.47. The van der Waals surface area contributed by atoms with Crippen LogP contribution in [-0.2, 0) is 0 Å². The summed E-state index contributed by atoms with van der Waals surface area (Å²) < 4.78 is 13.1. The van der Waals surface area contributed by atoms with E-state index in [0.717, 1.165) is 42.6 Å². The second kappa shape index (κ2) is 11.1. The van der Waals surface area contributed by atoms with Crippen LogP contribution in [0.1, 0.15) is 36.0 Å². The average molecular weight is 470 g/mol. The van der Waals surface area contributed by atoms with E-state index in [1.165, 1.54) is 12.1 Å². The third-order valence-electron chi connectivity index (χ3n) is 5.82. The molecular formula is C25H29ClFN5O. The van der Waals surface area contributed by atoms with Crippen molar-refractivity contribution in [1.29, 1.82) is 0 Å². The molecule has 1 heterocycles. The van der Waals surface area contributed by atoms with E-state index < -0.39 is 0 Å². The Balaban J connectivity index is 0.00000306. The van der Waals surface area contributed by atoms with Crippen molar-refractivity contribution in [3.63, 3.8) is 0 Å². The van der Waals surface area contributed by atoms with Gasteiger partial charge in [0, 0.05) is 37.9 Å². The highest BCUT2D eigenvalue weighted by Gasteiger charge is 2.23. The summed E-state index contributed by atoms with van der Waals surface area (Å²) in [5.41, 5.74) is 2.50. The van der Waals surface area contributed by atoms with Gasteiger partial charge in [-0.25, -0.2) is 9.37 Å². The van der Waals surface area contributed by atoms with Gasteiger partial charge in [-0.15, -0.1) is 12.4 Å². The molecule has 8 heteroatoms. The van der Waals surface area contributed by atoms with Crippen LogP contribution in [0.3, 0.4) is 0 Å². The molecule has 33 heavy (non-hydrogen) atoms. The summed E-state index contributed by atoms with van der Waals surface area (Å²) in [4.78, 5) is 23.5. The summed E-state index contributed by atoms with van der Waals surface area (Å²) in [6, 6.07) is 16.1. The predicted molar refractivity (Wildman–Crippen MR) is 133 cm³/mol. The summed E-state index contributed by atoms with van der Waals surface area (Å²) in [5.74, 6) is 1.19. The quantitative estimate of drug-likeness (QED) is 0.536. The molecule has 0 atom stereocenters. The number of hydrogen-bond acceptors (Lipinski definition) is 5. The van der Waals surface area contributed by atoms with Crippen LogP contribution in [0.4, 0.5) is 16.2 Å². The van der Waals surface area contributed by atoms with E-state index in [2.05, 4.69) is 20.6 Å². The molecule has 0 unspecified atom stereocenters. The highest BCUT2D eigenvalue weighted by molar-refractivity contribution is 5.94. The fraction of sp³-hybridized carbons (Fsp3) is 0.320. The van der Waals surface area contributed by atoms with Crippen molar-refractivity contribution in [3.05, 3.63) is 72.2 Å². The number of hydrogen-bond donors (Lipinski definition) is 2. The number of halogens is 2. The maximum absolute atomic E-state index is 13.1. The van der Waals surface area contributed by atoms with Crippen LogP contribution in [0.25, 0.3) is 11.1 Å². The summed E-state index contributed by atoms with van der Waals surface area (Å²) in [7, 11) is 3.91. The Morgan fingerprint density at radius 2 is 1.48 bits per heavy atom. The van der Waals surface area contributed by atoms with Crippen LogP contribution >= 0.6 is 12.4 Å². The molecule has 2 aromatic carbocycles. The molecule has 174 valence electrons. The van der Waals surface area contributed by atoms with Crippen molar-refractivity contribution in [3.8, 4) is 11.1 Å². The Morgan fingerprint density at radius 1 is 0.909 bits per heavy atom. The lowest BCUT2D eigenvalue weighted by Crippen LogP contribution is -2.40. The van der Waals surface area contributed by atoms with Crippen molar-refractivity contribution in [2.24, 2.45) is 0 Å². The van der Waals surface area contributed by atoms with E-state index >= 15 is 0 Å². The Labute approximate surface area is 200 Å². The van der Waals surface area contributed by atoms with Gasteiger partial charge >= 0.3 is 0 Å². The van der Waals surface area contributed by atoms with E-state index in [4.69, 9.17) is 0 Å². The number of carbonyl (C=O) groups excluding carboxylic acids is 1. The van der Waals surface area contributed by atoms with E-state index in [1.54, 1.807) is 18.3 Å². The van der Waals surface area contributed by atoms with Crippen molar-refractivity contribution in [2.75, 3.05) is 24.3 Å². The maximum Gasteiger partial charge on any atom is 0.251 e. The lowest BCUT2D eigenvalue weighted by molar-refractivity contribution is 0.0926. The molecule has 1 amide bonds. The third-order valence-corrected chi connectivity index (χ3v) is 5.82. The number of benzene rings is 2. The van der Waals surface area contributed by atoms with Gasteiger partial charge in [-0.05, 0) is 67.1 Å². The average Bonchev–Trinajstić information content (AvgIpc) is 2.81. The molecule has 0 spiro atoms. The van der Waals surface area contributed by atoms with Gasteiger partial charge < -0.3 is 15.5 Å². The lowest BCUT2D eigenvalue weighted by atomic mass is 9.91. The van der Waals surface area contributed by atoms with Gasteiger partial charge in [-0.3, -0.25) is 4.79 Å². The fourth-order valence-corrected chi connectivity index (χ4v) is 3.96. The van der Waals surface area contributed by atoms with Gasteiger partial charge in [0.1, 0.15) is 11.6 Å². The minimum atomic E-state index is -0.260. The van der Waals surface area contributed by atoms with Crippen molar-refractivity contribution in [1.82, 2.24) is 15.3 Å². The normalized spacial score (nSPS) is 17.5. The summed E-state index contributed by atoms with van der Waals surface area (Å²) >= 11 is 0. The highest BCUT2D eigenvalue weighted by Crippen LogP contribution is 2.23. The van der Waals surface area contributed by atoms with Gasteiger partial charge in [0.25, 0.3) is 5.91 Å². The van der Waals surface area contributed by atoms with Gasteiger partial charge in [-0.2, -0.15) is 4.98 Å². The van der Waals surface area contributed by atoms with Crippen LogP contribution in [0, 0.1) is 5.82 Å². The monoisotopic (exact) mass is 469 g/mol. The molecule has 0 aliphatic heterocycles. The van der Waals surface area contributed by atoms with Crippen molar-refractivity contribution in [2.45, 2.75) is 37.8 Å². The first-order chi connectivity index (χ1) is 15.5. The number of aromatic nitrogens is 2. The molecule has 0 bridgehead atoms. The van der Waals surface area contributed by atoms with Crippen LogP contribution in [-0.4, -0.2) is 42.1 Å². The third kappa shape index (κ3) is 6.42. The number of amides is 1. The lowest BCUT2D eigenvalue weighted by Gasteiger charge is -2.29. The Kier molecular flexibility index (Phi) is 8.22. The van der Waals surface area contributed by atoms with Crippen LogP contribution in [0.2, 0.25) is 0 Å². The second-order valence-electron chi connectivity index (χ2n) is 8.38. The zero-order valence-electron chi connectivity index (χ0n) is 18.8. The van der Waals surface area contributed by atoms with E-state index in [9.17, 15) is 9.18 Å². The van der Waals surface area contributed by atoms with Crippen LogP contribution < -0.4 is 15.5 Å². The van der Waals surface area contributed by atoms with Crippen molar-refractivity contribution < 1.29 is 9.18 Å². The number of anilines is 2. The van der Waals surface area contributed by atoms with Crippen molar-refractivity contribution >= 4 is 30.1 Å². The molecule has 3 aromatic rings. The number of nitrogens with zero attached hydrogens (tertiary/aromatic N) is 3. The first kappa shape index (κ1) is 24.5. The van der Waals surface area contributed by atoms with Gasteiger partial charge in [0.2, 0.25) is 5.95 Å². The smallest absolute Gasteiger partial charge is 0.251 e. The Hall–Kier alpha value is -3.19. The topological polar surface area (TPSA) is 70.2 Å². The largest absolute Gasteiger partial charge is 0.363 e. The molecule has 6 nitrogen and oxygen atoms in total. The van der Waals surface area contributed by atoms with E-state index in [1.807, 2.05) is 49.3 Å². The molecule has 1 aliphatic rings. The van der Waals surface area contributed by atoms with E-state index in [-0.39, 0.29) is 30.2 Å². The molecule has 1 aliphatic carbocycles. The second-order valence-corrected chi connectivity index (χ2v) is 8.38. The minimum Gasteiger partial charge on any atom is -0.363 e. The molecule has 1 saturated carbocycles. The van der Waals surface area contributed by atoms with Crippen LogP contribution in [0.15, 0.2) is 60.8 Å². The zero-order valence-corrected chi connectivity index (χ0v) is 19.6. The van der Waals surface area contributed by atoms with Gasteiger partial charge in [0.05, 0.1) is 0 Å². The molecule has 1 fully saturated rings. The number of rotatable bonds is 6. The molecule has 1 aromatic heterocycles. The molecule has 0 saturated heterocycles. The molecule has 4 rings (SSSR count). The highest BCUT2D eigenvalue weighted by atomic mass is 35.5. The van der Waals surface area contributed by atoms with Gasteiger partial charge in [0.15, 0.2) is 0 Å². The standard InChI is InChI=1S/C25H28FN5O.ClH/c1-31(2)23-15-16-27-25(30-23)29-22-13-11-21(12-14-22)28-24(32)19-5-3-17(4-6-19)18-7-9-20(26)10-8-18;/h3-10,15-16,21-22H,11-14H2,1-2H3,(H,28,32)(H,27,29,30);1H. The molecular weight excluding hydrogens is 441 g/mol. The first-order valence-corrected chi connectivity index (χ1v) is 10.9. The molecule has 2 N–H and O–H groups in total. The Bertz CT molecular complexity index is 1050. The zero-order chi connectivity index (χ0) is 22.5. The predicted octanol–water partition coefficient (Wildman–Crippen LogP) is 4.92. The SMILES string of the molecule is CN(C)c1ccnc(NC2CCC(NC(=O)c3ccc(-c4ccc(F)cc4)cc3)CC2)n1.Cl. The maximum atomic E-state index is 13.1. The van der Waals surface area contributed by atoms with Gasteiger partial charge in [-0.1, -0.05) is 24.3 Å². The minimum absolute atomic E-state index is 0. The van der Waals surface area contributed by atoms with E-state index in [0.29, 0.717) is 17.6 Å². The fourth-order valence-electron chi connectivity index (χ4n) is 3.96. The van der Waals surface area contributed by atoms with Crippen LogP contribution in [0.5, 0.6) is 0 Å². The number of carbonyl (C=O) groups is 1. The Morgan fingerprint density at radius 3 is 2.09 bits per heavy atom. The summed E-state index contributed by atoms with van der Waals surface area (Å²) in [6.45, 7) is 0. The first-order valence-electron chi connectivity index (χ1n) is 10.9.